The maximum absolute atomic E-state index is 9.52. The Hall–Kier alpha value is -0.420. The fourth-order valence-corrected chi connectivity index (χ4v) is 1.88. The lowest BCUT2D eigenvalue weighted by Crippen LogP contribution is -2.51. The van der Waals surface area contributed by atoms with E-state index >= 15 is 0 Å². The molecule has 0 aliphatic heterocycles. The summed E-state index contributed by atoms with van der Waals surface area (Å²) in [5.41, 5.74) is -0.139. The van der Waals surface area contributed by atoms with Crippen molar-refractivity contribution in [1.29, 1.82) is 0 Å². The van der Waals surface area contributed by atoms with Crippen LogP contribution in [0.1, 0.15) is 32.6 Å². The summed E-state index contributed by atoms with van der Waals surface area (Å²) in [6, 6.07) is 0. The van der Waals surface area contributed by atoms with Crippen molar-refractivity contribution in [2.24, 2.45) is 0 Å². The van der Waals surface area contributed by atoms with E-state index in [0.29, 0.717) is 6.61 Å². The summed E-state index contributed by atoms with van der Waals surface area (Å²) in [5.74, 6) is 0. The van der Waals surface area contributed by atoms with E-state index < -0.39 is 6.41 Å². The molecule has 4 heteroatoms. The Kier molecular flexibility index (Phi) is 4.73. The second-order valence-corrected chi connectivity index (χ2v) is 4.41. The average Bonchev–Trinajstić information content (AvgIpc) is 2.20. The minimum atomic E-state index is -0.955. The first-order valence-corrected chi connectivity index (χ1v) is 5.42. The van der Waals surface area contributed by atoms with Gasteiger partial charge in [0.25, 0.3) is 0 Å². The molecule has 3 N–H and O–H groups in total. The predicted molar refractivity (Wildman–Crippen MR) is 58.2 cm³/mol. The van der Waals surface area contributed by atoms with Crippen molar-refractivity contribution >= 4 is 0 Å². The molecule has 1 rings (SSSR count). The average molecular weight is 215 g/mol. The minimum Gasteiger partial charge on any atom is -0.393 e. The van der Waals surface area contributed by atoms with Gasteiger partial charge in [0.2, 0.25) is 6.41 Å². The highest BCUT2D eigenvalue weighted by Gasteiger charge is 2.31. The number of aliphatic hydroxyl groups excluding tert-OH is 2. The van der Waals surface area contributed by atoms with Crippen LogP contribution in [0.2, 0.25) is 0 Å². The van der Waals surface area contributed by atoms with Crippen molar-refractivity contribution in [2.75, 3.05) is 6.61 Å². The maximum Gasteiger partial charge on any atom is 0.214 e. The number of hydrogen-bond donors (Lipinski definition) is 3. The second kappa shape index (κ2) is 5.61. The monoisotopic (exact) mass is 215 g/mol. The van der Waals surface area contributed by atoms with Crippen LogP contribution in [0.15, 0.2) is 12.7 Å². The first-order valence-electron chi connectivity index (χ1n) is 5.42. The van der Waals surface area contributed by atoms with E-state index in [9.17, 15) is 10.2 Å². The molecule has 88 valence electrons. The zero-order valence-electron chi connectivity index (χ0n) is 9.28. The van der Waals surface area contributed by atoms with Gasteiger partial charge in [0.15, 0.2) is 0 Å². The molecule has 1 aliphatic carbocycles. The van der Waals surface area contributed by atoms with Gasteiger partial charge in [0, 0.05) is 5.54 Å². The SMILES string of the molecule is C=CCOC(O)NC1(C)CCC(O)CC1. The lowest BCUT2D eigenvalue weighted by molar-refractivity contribution is -0.131. The molecule has 0 amide bonds. The van der Waals surface area contributed by atoms with Gasteiger partial charge in [-0.05, 0) is 32.6 Å². The molecular weight excluding hydrogens is 194 g/mol. The zero-order valence-corrected chi connectivity index (χ0v) is 9.28. The van der Waals surface area contributed by atoms with E-state index in [1.807, 2.05) is 6.92 Å². The van der Waals surface area contributed by atoms with Gasteiger partial charge in [0.05, 0.1) is 12.7 Å². The number of ether oxygens (including phenoxy) is 1. The van der Waals surface area contributed by atoms with Gasteiger partial charge in [-0.2, -0.15) is 0 Å². The third-order valence-electron chi connectivity index (χ3n) is 2.90. The lowest BCUT2D eigenvalue weighted by atomic mass is 9.82. The summed E-state index contributed by atoms with van der Waals surface area (Å²) in [5, 5.41) is 21.9. The molecule has 0 heterocycles. The first-order chi connectivity index (χ1) is 7.06. The van der Waals surface area contributed by atoms with Gasteiger partial charge in [0.1, 0.15) is 0 Å². The van der Waals surface area contributed by atoms with Crippen LogP contribution in [0.5, 0.6) is 0 Å². The molecule has 15 heavy (non-hydrogen) atoms. The number of rotatable bonds is 5. The van der Waals surface area contributed by atoms with Crippen LogP contribution >= 0.6 is 0 Å². The maximum atomic E-state index is 9.52. The second-order valence-electron chi connectivity index (χ2n) is 4.41. The highest BCUT2D eigenvalue weighted by Crippen LogP contribution is 2.28. The molecule has 0 spiro atoms. The van der Waals surface area contributed by atoms with E-state index in [1.165, 1.54) is 0 Å². The molecule has 1 atom stereocenters. The fraction of sp³-hybridized carbons (Fsp3) is 0.818. The molecule has 4 nitrogen and oxygen atoms in total. The van der Waals surface area contributed by atoms with E-state index in [1.54, 1.807) is 6.08 Å². The van der Waals surface area contributed by atoms with Gasteiger partial charge in [-0.3, -0.25) is 5.32 Å². The highest BCUT2D eigenvalue weighted by molar-refractivity contribution is 4.88. The van der Waals surface area contributed by atoms with Crippen LogP contribution < -0.4 is 5.32 Å². The van der Waals surface area contributed by atoms with Crippen molar-refractivity contribution in [3.8, 4) is 0 Å². The Morgan fingerprint density at radius 2 is 2.20 bits per heavy atom. The number of nitrogens with one attached hydrogen (secondary N) is 1. The zero-order chi connectivity index (χ0) is 11.3. The molecule has 0 aromatic carbocycles. The van der Waals surface area contributed by atoms with Crippen LogP contribution in [0.25, 0.3) is 0 Å². The summed E-state index contributed by atoms with van der Waals surface area (Å²) in [6.45, 7) is 5.88. The number of aliphatic hydroxyl groups is 2. The molecule has 1 aliphatic rings. The molecule has 0 saturated heterocycles. The quantitative estimate of drug-likeness (QED) is 0.468. The molecular formula is C11H21NO3. The molecule has 1 unspecified atom stereocenters. The molecule has 1 fully saturated rings. The Balaban J connectivity index is 2.32. The smallest absolute Gasteiger partial charge is 0.214 e. The lowest BCUT2D eigenvalue weighted by Gasteiger charge is -2.38. The summed E-state index contributed by atoms with van der Waals surface area (Å²) in [7, 11) is 0. The normalized spacial score (nSPS) is 33.7. The van der Waals surface area contributed by atoms with Crippen LogP contribution in [0.3, 0.4) is 0 Å². The first kappa shape index (κ1) is 12.6. The van der Waals surface area contributed by atoms with E-state index in [0.717, 1.165) is 25.7 Å². The van der Waals surface area contributed by atoms with Gasteiger partial charge in [-0.1, -0.05) is 6.08 Å². The van der Waals surface area contributed by atoms with Crippen molar-refractivity contribution in [2.45, 2.75) is 50.7 Å². The number of hydrogen-bond acceptors (Lipinski definition) is 4. The summed E-state index contributed by atoms with van der Waals surface area (Å²) < 4.78 is 5.05. The summed E-state index contributed by atoms with van der Waals surface area (Å²) in [6.07, 6.45) is 3.70. The Morgan fingerprint density at radius 1 is 1.60 bits per heavy atom. The van der Waals surface area contributed by atoms with Gasteiger partial charge in [-0.25, -0.2) is 0 Å². The molecule has 0 radical (unpaired) electrons. The molecule has 0 aromatic rings. The predicted octanol–water partition coefficient (Wildman–Crippen LogP) is 0.748. The summed E-state index contributed by atoms with van der Waals surface area (Å²) >= 11 is 0. The summed E-state index contributed by atoms with van der Waals surface area (Å²) in [4.78, 5) is 0. The third-order valence-corrected chi connectivity index (χ3v) is 2.90. The van der Waals surface area contributed by atoms with E-state index in [4.69, 9.17) is 4.74 Å². The van der Waals surface area contributed by atoms with Gasteiger partial charge >= 0.3 is 0 Å². The van der Waals surface area contributed by atoms with E-state index in [2.05, 4.69) is 11.9 Å². The minimum absolute atomic E-state index is 0.139. The van der Waals surface area contributed by atoms with Crippen LogP contribution in [-0.4, -0.2) is 34.9 Å². The van der Waals surface area contributed by atoms with Gasteiger partial charge in [-0.15, -0.1) is 6.58 Å². The van der Waals surface area contributed by atoms with Crippen LogP contribution in [0, 0.1) is 0 Å². The van der Waals surface area contributed by atoms with Crippen molar-refractivity contribution < 1.29 is 14.9 Å². The molecule has 0 bridgehead atoms. The van der Waals surface area contributed by atoms with Crippen LogP contribution in [-0.2, 0) is 4.74 Å². The van der Waals surface area contributed by atoms with Crippen molar-refractivity contribution in [3.05, 3.63) is 12.7 Å². The van der Waals surface area contributed by atoms with Crippen molar-refractivity contribution in [3.63, 3.8) is 0 Å². The topological polar surface area (TPSA) is 61.7 Å². The van der Waals surface area contributed by atoms with E-state index in [-0.39, 0.29) is 11.6 Å². The highest BCUT2D eigenvalue weighted by atomic mass is 16.6. The third kappa shape index (κ3) is 4.30. The largest absolute Gasteiger partial charge is 0.393 e. The van der Waals surface area contributed by atoms with Crippen molar-refractivity contribution in [1.82, 2.24) is 5.32 Å². The van der Waals surface area contributed by atoms with Crippen LogP contribution in [0.4, 0.5) is 0 Å². The standard InChI is InChI=1S/C11H21NO3/c1-3-8-15-10(14)12-11(2)6-4-9(13)5-7-11/h3,9-10,12-14H,1,4-8H2,2H3. The Labute approximate surface area is 90.9 Å². The van der Waals surface area contributed by atoms with Gasteiger partial charge < -0.3 is 14.9 Å². The molecule has 0 aromatic heterocycles. The fourth-order valence-electron chi connectivity index (χ4n) is 1.88. The molecule has 1 saturated carbocycles. The Morgan fingerprint density at radius 3 is 2.73 bits per heavy atom. The Bertz CT molecular complexity index is 200.